The zero-order valence-corrected chi connectivity index (χ0v) is 31.4. The molecule has 12 aromatic rings. The Kier molecular flexibility index (Phi) is 7.20. The lowest BCUT2D eigenvalue weighted by atomic mass is 9.99. The van der Waals surface area contributed by atoms with Gasteiger partial charge in [0, 0.05) is 38.1 Å². The van der Waals surface area contributed by atoms with E-state index < -0.39 is 0 Å². The van der Waals surface area contributed by atoms with Crippen molar-refractivity contribution in [2.75, 3.05) is 0 Å². The number of hydrogen-bond acceptors (Lipinski definition) is 2. The van der Waals surface area contributed by atoms with Crippen LogP contribution in [0.2, 0.25) is 0 Å². The Labute approximate surface area is 334 Å². The van der Waals surface area contributed by atoms with Crippen molar-refractivity contribution in [3.05, 3.63) is 206 Å². The number of fused-ring (bicyclic) bond motifs is 12. The van der Waals surface area contributed by atoms with Crippen LogP contribution in [0.5, 0.6) is 0 Å². The summed E-state index contributed by atoms with van der Waals surface area (Å²) >= 11 is 0. The fraction of sp³-hybridized carbons (Fsp3) is 0. The maximum Gasteiger partial charge on any atom is 0.235 e. The molecule has 0 fully saturated rings. The van der Waals surface area contributed by atoms with E-state index in [1.807, 2.05) is 0 Å². The summed E-state index contributed by atoms with van der Waals surface area (Å²) in [5.74, 6) is 0.628. The van der Waals surface area contributed by atoms with Crippen molar-refractivity contribution in [1.29, 1.82) is 0 Å². The maximum atomic E-state index is 5.52. The van der Waals surface area contributed by atoms with Gasteiger partial charge in [0.15, 0.2) is 0 Å². The molecular weight excluding hydrogens is 705 g/mol. The molecule has 0 radical (unpaired) electrons. The van der Waals surface area contributed by atoms with Crippen LogP contribution in [0.25, 0.3) is 111 Å². The average Bonchev–Trinajstić information content (AvgIpc) is 3.86. The number of benzene rings is 8. The molecule has 0 amide bonds. The van der Waals surface area contributed by atoms with E-state index >= 15 is 0 Å². The summed E-state index contributed by atoms with van der Waals surface area (Å²) in [5.41, 5.74) is 14.1. The van der Waals surface area contributed by atoms with Crippen LogP contribution in [0.15, 0.2) is 206 Å². The van der Waals surface area contributed by atoms with Crippen LogP contribution in [0.3, 0.4) is 0 Å². The highest BCUT2D eigenvalue weighted by Gasteiger charge is 2.22. The molecule has 12 rings (SSSR count). The highest BCUT2D eigenvalue weighted by molar-refractivity contribution is 6.27. The predicted octanol–water partition coefficient (Wildman–Crippen LogP) is 14.0. The predicted molar refractivity (Wildman–Crippen MR) is 242 cm³/mol. The van der Waals surface area contributed by atoms with E-state index in [2.05, 4.69) is 215 Å². The van der Waals surface area contributed by atoms with E-state index in [0.717, 1.165) is 61.0 Å². The van der Waals surface area contributed by atoms with E-state index in [-0.39, 0.29) is 0 Å². The summed E-state index contributed by atoms with van der Waals surface area (Å²) in [7, 11) is 0. The zero-order valence-electron chi connectivity index (χ0n) is 31.4. The first-order chi connectivity index (χ1) is 28.8. The van der Waals surface area contributed by atoms with E-state index in [0.29, 0.717) is 5.95 Å². The van der Waals surface area contributed by atoms with Crippen LogP contribution in [0, 0.1) is 0 Å². The molecule has 58 heavy (non-hydrogen) atoms. The van der Waals surface area contributed by atoms with Gasteiger partial charge < -0.3 is 4.40 Å². The van der Waals surface area contributed by atoms with Crippen molar-refractivity contribution in [1.82, 2.24) is 18.9 Å². The molecule has 0 aliphatic rings. The third-order valence-corrected chi connectivity index (χ3v) is 11.7. The first-order valence-electron chi connectivity index (χ1n) is 19.7. The van der Waals surface area contributed by atoms with Crippen molar-refractivity contribution in [3.63, 3.8) is 0 Å². The van der Waals surface area contributed by atoms with Crippen molar-refractivity contribution < 1.29 is 0 Å². The normalized spacial score (nSPS) is 11.8. The van der Waals surface area contributed by atoms with Gasteiger partial charge in [-0.2, -0.15) is 0 Å². The molecule has 8 aromatic carbocycles. The van der Waals surface area contributed by atoms with Crippen LogP contribution in [-0.4, -0.2) is 18.9 Å². The van der Waals surface area contributed by atoms with Crippen LogP contribution >= 0.6 is 0 Å². The SMILES string of the molecule is c1ccc(-c2cccc(-c3cc(-c4cccc(-c5ccccc5)c4)nc(-n4c5ccccc5c5ccc6c(c7ccccc7c7cc8ccccc8n76)c54)n3)c2)cc1. The molecule has 270 valence electrons. The van der Waals surface area contributed by atoms with Gasteiger partial charge in [0.05, 0.1) is 39.0 Å². The van der Waals surface area contributed by atoms with Crippen LogP contribution in [0.1, 0.15) is 0 Å². The maximum absolute atomic E-state index is 5.52. The fourth-order valence-electron chi connectivity index (χ4n) is 9.05. The molecule has 0 unspecified atom stereocenters. The number of aromatic nitrogens is 4. The monoisotopic (exact) mass is 738 g/mol. The van der Waals surface area contributed by atoms with Crippen LogP contribution in [-0.2, 0) is 0 Å². The third-order valence-electron chi connectivity index (χ3n) is 11.7. The molecule has 0 saturated heterocycles. The fourth-order valence-corrected chi connectivity index (χ4v) is 9.05. The van der Waals surface area contributed by atoms with E-state index in [9.17, 15) is 0 Å². The number of pyridine rings is 1. The summed E-state index contributed by atoms with van der Waals surface area (Å²) in [6.07, 6.45) is 0. The van der Waals surface area contributed by atoms with Crippen LogP contribution < -0.4 is 0 Å². The highest BCUT2D eigenvalue weighted by atomic mass is 15.2. The lowest BCUT2D eigenvalue weighted by Gasteiger charge is -2.15. The summed E-state index contributed by atoms with van der Waals surface area (Å²) in [5, 5.41) is 7.12. The van der Waals surface area contributed by atoms with Crippen molar-refractivity contribution in [2.24, 2.45) is 0 Å². The van der Waals surface area contributed by atoms with Gasteiger partial charge in [0.1, 0.15) is 0 Å². The second-order valence-corrected chi connectivity index (χ2v) is 15.0. The topological polar surface area (TPSA) is 35.1 Å². The quantitative estimate of drug-likeness (QED) is 0.165. The summed E-state index contributed by atoms with van der Waals surface area (Å²) < 4.78 is 4.74. The molecule has 0 saturated carbocycles. The largest absolute Gasteiger partial charge is 0.309 e. The number of para-hydroxylation sites is 2. The molecule has 0 aliphatic carbocycles. The molecule has 0 aliphatic heterocycles. The first-order valence-corrected chi connectivity index (χ1v) is 19.7. The van der Waals surface area contributed by atoms with E-state index in [4.69, 9.17) is 9.97 Å². The van der Waals surface area contributed by atoms with Gasteiger partial charge in [-0.1, -0.05) is 164 Å². The van der Waals surface area contributed by atoms with Gasteiger partial charge in [0.25, 0.3) is 0 Å². The summed E-state index contributed by atoms with van der Waals surface area (Å²) in [6, 6.07) is 73.7. The van der Waals surface area contributed by atoms with E-state index in [1.54, 1.807) is 0 Å². The van der Waals surface area contributed by atoms with Gasteiger partial charge in [-0.05, 0) is 70.1 Å². The Morgan fingerprint density at radius 2 is 0.828 bits per heavy atom. The van der Waals surface area contributed by atoms with Gasteiger partial charge in [-0.3, -0.25) is 4.57 Å². The second kappa shape index (κ2) is 12.9. The van der Waals surface area contributed by atoms with Crippen LogP contribution in [0.4, 0.5) is 0 Å². The Morgan fingerprint density at radius 1 is 0.310 bits per heavy atom. The smallest absolute Gasteiger partial charge is 0.235 e. The minimum atomic E-state index is 0.628. The minimum Gasteiger partial charge on any atom is -0.309 e. The average molecular weight is 739 g/mol. The van der Waals surface area contributed by atoms with Gasteiger partial charge in [0.2, 0.25) is 5.95 Å². The first kappa shape index (κ1) is 32.4. The number of nitrogens with zero attached hydrogens (tertiary/aromatic N) is 4. The van der Waals surface area contributed by atoms with E-state index in [1.165, 1.54) is 43.7 Å². The second-order valence-electron chi connectivity index (χ2n) is 15.0. The molecule has 0 atom stereocenters. The lowest BCUT2D eigenvalue weighted by molar-refractivity contribution is 0.998. The molecule has 4 heterocycles. The number of rotatable bonds is 5. The van der Waals surface area contributed by atoms with Gasteiger partial charge in [-0.15, -0.1) is 0 Å². The zero-order chi connectivity index (χ0) is 38.2. The Morgan fingerprint density at radius 3 is 1.48 bits per heavy atom. The van der Waals surface area contributed by atoms with Crippen molar-refractivity contribution >= 4 is 59.9 Å². The third kappa shape index (κ3) is 5.02. The number of hydrogen-bond donors (Lipinski definition) is 0. The molecule has 0 bridgehead atoms. The van der Waals surface area contributed by atoms with Gasteiger partial charge in [-0.25, -0.2) is 9.97 Å². The molecule has 0 N–H and O–H groups in total. The Balaban J connectivity index is 1.20. The molecule has 0 spiro atoms. The summed E-state index contributed by atoms with van der Waals surface area (Å²) in [4.78, 5) is 11.0. The highest BCUT2D eigenvalue weighted by Crippen LogP contribution is 2.42. The minimum absolute atomic E-state index is 0.628. The Bertz CT molecular complexity index is 3460. The Hall–Kier alpha value is -7.82. The lowest BCUT2D eigenvalue weighted by Crippen LogP contribution is -2.05. The molecular formula is C54H34N4. The van der Waals surface area contributed by atoms with Gasteiger partial charge >= 0.3 is 0 Å². The standard InChI is InChI=1S/C54H34N4/c1-3-15-35(16-4-1)37-20-13-22-39(31-37)46-34-47(40-23-14-21-38(32-40)36-17-5-2-6-18-36)56-54(55-46)58-49-28-12-10-25-43(49)45-29-30-50-52(53(45)58)44-26-9-8-24-42(44)51-33-41-19-7-11-27-48(41)57(50)51/h1-34H. The van der Waals surface area contributed by atoms with Crippen molar-refractivity contribution in [2.45, 2.75) is 0 Å². The molecule has 4 aromatic heterocycles. The summed E-state index contributed by atoms with van der Waals surface area (Å²) in [6.45, 7) is 0. The molecule has 4 nitrogen and oxygen atoms in total. The molecule has 4 heteroatoms. The van der Waals surface area contributed by atoms with Crippen molar-refractivity contribution in [3.8, 4) is 50.7 Å².